The number of hydrogen-bond acceptors (Lipinski definition) is 4. The lowest BCUT2D eigenvalue weighted by atomic mass is 10.3. The van der Waals surface area contributed by atoms with E-state index in [-0.39, 0.29) is 17.6 Å². The second-order valence-electron chi connectivity index (χ2n) is 4.17. The summed E-state index contributed by atoms with van der Waals surface area (Å²) in [6, 6.07) is 0.0490. The van der Waals surface area contributed by atoms with Gasteiger partial charge in [-0.25, -0.2) is 0 Å². The van der Waals surface area contributed by atoms with Crippen molar-refractivity contribution in [3.63, 3.8) is 0 Å². The Kier molecular flexibility index (Phi) is 6.94. The number of aliphatic imine (C=N–C) groups is 2. The van der Waals surface area contributed by atoms with Crippen LogP contribution in [0, 0.1) is 0 Å². The molecular weight excluding hydrogens is 216 g/mol. The Morgan fingerprint density at radius 3 is 1.94 bits per heavy atom. The summed E-state index contributed by atoms with van der Waals surface area (Å²) in [6.07, 6.45) is 3.23. The normalized spacial score (nSPS) is 17.2. The predicted octanol–water partition coefficient (Wildman–Crippen LogP) is 3.22. The fourth-order valence-corrected chi connectivity index (χ4v) is 1.35. The maximum Gasteiger partial charge on any atom is 0.0909 e. The van der Waals surface area contributed by atoms with E-state index in [0.717, 1.165) is 11.4 Å². The van der Waals surface area contributed by atoms with Gasteiger partial charge in [0.15, 0.2) is 0 Å². The Balaban J connectivity index is 4.43. The highest BCUT2D eigenvalue weighted by atomic mass is 16.3. The number of aliphatic hydroxyl groups is 2. The van der Waals surface area contributed by atoms with Crippen LogP contribution in [0.1, 0.15) is 34.6 Å². The van der Waals surface area contributed by atoms with E-state index in [1.165, 1.54) is 0 Å². The van der Waals surface area contributed by atoms with Crippen molar-refractivity contribution in [1.82, 2.24) is 0 Å². The van der Waals surface area contributed by atoms with Crippen LogP contribution in [0.25, 0.3) is 0 Å². The number of hydrogen-bond donors (Lipinski definition) is 2. The molecule has 0 aliphatic carbocycles. The van der Waals surface area contributed by atoms with Gasteiger partial charge in [-0.1, -0.05) is 0 Å². The van der Waals surface area contributed by atoms with E-state index in [0.29, 0.717) is 6.54 Å². The van der Waals surface area contributed by atoms with Gasteiger partial charge >= 0.3 is 0 Å². The monoisotopic (exact) mass is 238 g/mol. The summed E-state index contributed by atoms with van der Waals surface area (Å²) < 4.78 is 0. The van der Waals surface area contributed by atoms with Gasteiger partial charge < -0.3 is 10.2 Å². The third-order valence-corrected chi connectivity index (χ3v) is 1.86. The van der Waals surface area contributed by atoms with E-state index >= 15 is 0 Å². The van der Waals surface area contributed by atoms with Crippen LogP contribution < -0.4 is 0 Å². The lowest BCUT2D eigenvalue weighted by Gasteiger charge is -2.04. The van der Waals surface area contributed by atoms with Gasteiger partial charge in [-0.15, -0.1) is 0 Å². The molecule has 0 heterocycles. The summed E-state index contributed by atoms with van der Waals surface area (Å²) in [5.74, 6) is 0.495. The van der Waals surface area contributed by atoms with E-state index in [4.69, 9.17) is 10.2 Å². The zero-order valence-corrected chi connectivity index (χ0v) is 11.2. The minimum atomic E-state index is 0.0490. The number of rotatable bonds is 5. The smallest absolute Gasteiger partial charge is 0.0909 e. The molecule has 0 aliphatic rings. The second-order valence-corrected chi connectivity index (χ2v) is 4.17. The van der Waals surface area contributed by atoms with E-state index in [1.54, 1.807) is 26.0 Å². The van der Waals surface area contributed by atoms with Crippen LogP contribution in [0.4, 0.5) is 0 Å². The molecule has 0 aromatic rings. The molecular formula is C13H22N2O2. The molecule has 0 saturated heterocycles. The molecule has 4 nitrogen and oxygen atoms in total. The average Bonchev–Trinajstić information content (AvgIpc) is 2.12. The lowest BCUT2D eigenvalue weighted by Crippen LogP contribution is -2.07. The van der Waals surface area contributed by atoms with E-state index < -0.39 is 0 Å². The molecule has 0 rings (SSSR count). The van der Waals surface area contributed by atoms with Gasteiger partial charge in [0.2, 0.25) is 0 Å². The van der Waals surface area contributed by atoms with Crippen molar-refractivity contribution in [3.8, 4) is 0 Å². The Morgan fingerprint density at radius 2 is 1.47 bits per heavy atom. The molecule has 0 radical (unpaired) electrons. The highest BCUT2D eigenvalue weighted by Crippen LogP contribution is 1.97. The number of nitrogens with zero attached hydrogens (tertiary/aromatic N) is 2. The quantitative estimate of drug-likeness (QED) is 0.570. The molecule has 96 valence electrons. The SMILES string of the molecule is CC(O)=CC(C)=NCC(C)N=C(C)C=C(C)O. The maximum atomic E-state index is 9.07. The van der Waals surface area contributed by atoms with Gasteiger partial charge in [-0.3, -0.25) is 9.98 Å². The highest BCUT2D eigenvalue weighted by Gasteiger charge is 1.98. The summed E-state index contributed by atoms with van der Waals surface area (Å²) in [5, 5.41) is 18.1. The minimum absolute atomic E-state index is 0.0490. The maximum absolute atomic E-state index is 9.07. The van der Waals surface area contributed by atoms with Crippen LogP contribution in [0.3, 0.4) is 0 Å². The zero-order chi connectivity index (χ0) is 13.4. The predicted molar refractivity (Wildman–Crippen MR) is 73.3 cm³/mol. The molecule has 0 saturated carbocycles. The fourth-order valence-electron chi connectivity index (χ4n) is 1.35. The van der Waals surface area contributed by atoms with Gasteiger partial charge in [0, 0.05) is 11.4 Å². The molecule has 2 N–H and O–H groups in total. The van der Waals surface area contributed by atoms with Gasteiger partial charge in [-0.2, -0.15) is 0 Å². The van der Waals surface area contributed by atoms with E-state index in [1.807, 2.05) is 20.8 Å². The Bertz CT molecular complexity index is 358. The zero-order valence-electron chi connectivity index (χ0n) is 11.2. The molecule has 0 fully saturated rings. The Morgan fingerprint density at radius 1 is 1.00 bits per heavy atom. The third-order valence-electron chi connectivity index (χ3n) is 1.86. The summed E-state index contributed by atoms with van der Waals surface area (Å²) in [5.41, 5.74) is 1.55. The van der Waals surface area contributed by atoms with Gasteiger partial charge in [-0.05, 0) is 46.8 Å². The van der Waals surface area contributed by atoms with Crippen molar-refractivity contribution in [2.24, 2.45) is 9.98 Å². The van der Waals surface area contributed by atoms with Crippen LogP contribution in [-0.2, 0) is 0 Å². The van der Waals surface area contributed by atoms with E-state index in [9.17, 15) is 0 Å². The molecule has 0 aliphatic heterocycles. The van der Waals surface area contributed by atoms with Crippen LogP contribution in [0.5, 0.6) is 0 Å². The topological polar surface area (TPSA) is 65.2 Å². The molecule has 17 heavy (non-hydrogen) atoms. The molecule has 0 aromatic carbocycles. The van der Waals surface area contributed by atoms with Crippen molar-refractivity contribution in [3.05, 3.63) is 23.7 Å². The van der Waals surface area contributed by atoms with Crippen molar-refractivity contribution in [2.45, 2.75) is 40.7 Å². The summed E-state index contributed by atoms with van der Waals surface area (Å²) in [4.78, 5) is 8.64. The first kappa shape index (κ1) is 15.4. The van der Waals surface area contributed by atoms with Crippen LogP contribution in [0.2, 0.25) is 0 Å². The van der Waals surface area contributed by atoms with Crippen LogP contribution in [0.15, 0.2) is 33.7 Å². The van der Waals surface area contributed by atoms with Crippen molar-refractivity contribution in [1.29, 1.82) is 0 Å². The summed E-state index contributed by atoms with van der Waals surface area (Å²) in [6.45, 7) is 9.41. The Labute approximate surface area is 103 Å². The number of aliphatic hydroxyl groups excluding tert-OH is 2. The number of allylic oxidation sites excluding steroid dienone is 4. The largest absolute Gasteiger partial charge is 0.513 e. The van der Waals surface area contributed by atoms with E-state index in [2.05, 4.69) is 9.98 Å². The van der Waals surface area contributed by atoms with Gasteiger partial charge in [0.1, 0.15) is 0 Å². The summed E-state index contributed by atoms with van der Waals surface area (Å²) >= 11 is 0. The van der Waals surface area contributed by atoms with Gasteiger partial charge in [0.05, 0.1) is 24.1 Å². The standard InChI is InChI=1S/C13H22N2O2/c1-9(6-12(4)16)14-8-11(3)15-10(2)7-13(5)17/h6-7,11,16-17H,8H2,1-5H3. The van der Waals surface area contributed by atoms with Crippen molar-refractivity contribution >= 4 is 11.4 Å². The first-order chi connectivity index (χ1) is 7.81. The fraction of sp³-hybridized carbons (Fsp3) is 0.538. The Hall–Kier alpha value is -1.58. The molecule has 0 bridgehead atoms. The molecule has 0 spiro atoms. The first-order valence-corrected chi connectivity index (χ1v) is 5.61. The average molecular weight is 238 g/mol. The molecule has 1 unspecified atom stereocenters. The highest BCUT2D eigenvalue weighted by molar-refractivity contribution is 5.93. The van der Waals surface area contributed by atoms with Crippen LogP contribution in [-0.4, -0.2) is 34.2 Å². The summed E-state index contributed by atoms with van der Waals surface area (Å²) in [7, 11) is 0. The molecule has 4 heteroatoms. The lowest BCUT2D eigenvalue weighted by molar-refractivity contribution is 0.414. The third kappa shape index (κ3) is 9.35. The van der Waals surface area contributed by atoms with Crippen molar-refractivity contribution < 1.29 is 10.2 Å². The van der Waals surface area contributed by atoms with Crippen molar-refractivity contribution in [2.75, 3.05) is 6.54 Å². The van der Waals surface area contributed by atoms with Gasteiger partial charge in [0.25, 0.3) is 0 Å². The molecule has 0 aromatic heterocycles. The molecule has 0 amide bonds. The molecule has 1 atom stereocenters. The minimum Gasteiger partial charge on any atom is -0.513 e. The first-order valence-electron chi connectivity index (χ1n) is 5.61. The van der Waals surface area contributed by atoms with Crippen LogP contribution >= 0.6 is 0 Å². The second kappa shape index (κ2) is 7.65.